The highest BCUT2D eigenvalue weighted by atomic mass is 35.5. The van der Waals surface area contributed by atoms with Crippen LogP contribution in [0.3, 0.4) is 0 Å². The number of nitrogen functional groups attached to an aromatic ring is 1. The Kier molecular flexibility index (Phi) is 3.38. The molecule has 0 aliphatic rings. The Morgan fingerprint density at radius 2 is 2.04 bits per heavy atom. The molecule has 0 atom stereocenters. The molecule has 8 heteroatoms. The number of carbonyl (C=O) groups excluding carboxylic acids is 1. The molecule has 132 valence electrons. The number of amides is 1. The van der Waals surface area contributed by atoms with E-state index in [1.807, 2.05) is 13.8 Å². The summed E-state index contributed by atoms with van der Waals surface area (Å²) in [7, 11) is 0. The molecule has 0 unspecified atom stereocenters. The number of pyridine rings is 1. The van der Waals surface area contributed by atoms with Crippen molar-refractivity contribution in [2.24, 2.45) is 5.73 Å². The summed E-state index contributed by atoms with van der Waals surface area (Å²) in [6, 6.07) is 4.95. The van der Waals surface area contributed by atoms with Gasteiger partial charge in [-0.1, -0.05) is 17.7 Å². The first-order chi connectivity index (χ1) is 12.3. The molecule has 26 heavy (non-hydrogen) atoms. The van der Waals surface area contributed by atoms with E-state index in [9.17, 15) is 9.90 Å². The molecule has 4 aromatic rings. The lowest BCUT2D eigenvalue weighted by atomic mass is 10.1. The van der Waals surface area contributed by atoms with E-state index in [4.69, 9.17) is 27.5 Å². The maximum absolute atomic E-state index is 12.1. The van der Waals surface area contributed by atoms with E-state index in [1.54, 1.807) is 12.1 Å². The highest BCUT2D eigenvalue weighted by Gasteiger charge is 2.27. The number of rotatable bonds is 2. The summed E-state index contributed by atoms with van der Waals surface area (Å²) in [4.78, 5) is 16.7. The minimum absolute atomic E-state index is 0.0823. The van der Waals surface area contributed by atoms with Crippen LogP contribution in [0.5, 0.6) is 5.75 Å². The van der Waals surface area contributed by atoms with Crippen molar-refractivity contribution in [2.75, 3.05) is 5.73 Å². The number of nitrogens with two attached hydrogens (primary N) is 2. The molecule has 0 aliphatic carbocycles. The van der Waals surface area contributed by atoms with Gasteiger partial charge in [0.2, 0.25) is 0 Å². The fraction of sp³-hybridized carbons (Fsp3) is 0.111. The molecule has 4 rings (SSSR count). The van der Waals surface area contributed by atoms with Gasteiger partial charge in [0, 0.05) is 5.39 Å². The van der Waals surface area contributed by atoms with Crippen molar-refractivity contribution in [2.45, 2.75) is 13.8 Å². The fourth-order valence-electron chi connectivity index (χ4n) is 3.31. The maximum atomic E-state index is 12.1. The second kappa shape index (κ2) is 5.40. The number of nitrogens with zero attached hydrogens (tertiary/aromatic N) is 2. The molecule has 0 aliphatic heterocycles. The third-order valence-corrected chi connectivity index (χ3v) is 4.88. The lowest BCUT2D eigenvalue weighted by Crippen LogP contribution is -2.14. The largest absolute Gasteiger partial charge is 0.506 e. The van der Waals surface area contributed by atoms with E-state index in [1.165, 1.54) is 16.9 Å². The molecule has 1 amide bonds. The number of carbonyl (C=O) groups is 1. The van der Waals surface area contributed by atoms with Gasteiger partial charge in [-0.3, -0.25) is 9.36 Å². The van der Waals surface area contributed by atoms with E-state index in [2.05, 4.69) is 4.98 Å². The first kappa shape index (κ1) is 16.3. The van der Waals surface area contributed by atoms with E-state index in [0.717, 1.165) is 10.9 Å². The van der Waals surface area contributed by atoms with Crippen LogP contribution in [0.1, 0.15) is 21.6 Å². The van der Waals surface area contributed by atoms with Gasteiger partial charge in [-0.25, -0.2) is 4.98 Å². The summed E-state index contributed by atoms with van der Waals surface area (Å²) < 4.78 is 7.12. The average Bonchev–Trinajstić information content (AvgIpc) is 3.16. The van der Waals surface area contributed by atoms with Crippen LogP contribution >= 0.6 is 11.6 Å². The number of aromatic hydroxyl groups is 1. The van der Waals surface area contributed by atoms with Crippen LogP contribution < -0.4 is 11.5 Å². The number of aromatic nitrogens is 2. The SMILES string of the molecule is Cc1ccc(O)c(Cl)c1-n1c(N)c(C(N)=O)c2c3occc3c(C)nc21. The Bertz CT molecular complexity index is 1220. The third-order valence-electron chi connectivity index (χ3n) is 4.51. The number of phenols is 1. The minimum atomic E-state index is -0.705. The first-order valence-electron chi connectivity index (χ1n) is 7.78. The number of hydrogen-bond donors (Lipinski definition) is 3. The van der Waals surface area contributed by atoms with Crippen molar-refractivity contribution in [1.29, 1.82) is 0 Å². The van der Waals surface area contributed by atoms with Gasteiger partial charge in [-0.2, -0.15) is 0 Å². The van der Waals surface area contributed by atoms with Gasteiger partial charge in [0.25, 0.3) is 5.91 Å². The van der Waals surface area contributed by atoms with Crippen LogP contribution in [0.15, 0.2) is 28.9 Å². The van der Waals surface area contributed by atoms with Crippen LogP contribution in [-0.2, 0) is 0 Å². The van der Waals surface area contributed by atoms with Gasteiger partial charge in [0.15, 0.2) is 5.65 Å². The highest BCUT2D eigenvalue weighted by Crippen LogP contribution is 2.41. The number of fused-ring (bicyclic) bond motifs is 3. The molecule has 7 nitrogen and oxygen atoms in total. The molecule has 0 spiro atoms. The monoisotopic (exact) mass is 370 g/mol. The van der Waals surface area contributed by atoms with E-state index in [0.29, 0.717) is 28.0 Å². The number of aryl methyl sites for hydroxylation is 2. The normalized spacial score (nSPS) is 11.5. The predicted octanol–water partition coefficient (Wildman–Crippen LogP) is 3.43. The molecule has 0 radical (unpaired) electrons. The lowest BCUT2D eigenvalue weighted by molar-refractivity contribution is 0.100. The number of furan rings is 1. The zero-order valence-electron chi connectivity index (χ0n) is 14.0. The van der Waals surface area contributed by atoms with Gasteiger partial charge in [0.05, 0.1) is 28.6 Å². The summed E-state index contributed by atoms with van der Waals surface area (Å²) in [6.07, 6.45) is 1.52. The smallest absolute Gasteiger partial charge is 0.253 e. The topological polar surface area (TPSA) is 120 Å². The Morgan fingerprint density at radius 1 is 1.31 bits per heavy atom. The minimum Gasteiger partial charge on any atom is -0.506 e. The van der Waals surface area contributed by atoms with E-state index >= 15 is 0 Å². The van der Waals surface area contributed by atoms with Crippen molar-refractivity contribution >= 4 is 45.3 Å². The van der Waals surface area contributed by atoms with Gasteiger partial charge < -0.3 is 21.0 Å². The van der Waals surface area contributed by atoms with Crippen molar-refractivity contribution < 1.29 is 14.3 Å². The van der Waals surface area contributed by atoms with Gasteiger partial charge >= 0.3 is 0 Å². The molecule has 3 aromatic heterocycles. The second-order valence-electron chi connectivity index (χ2n) is 6.08. The van der Waals surface area contributed by atoms with Crippen LogP contribution in [0.4, 0.5) is 5.82 Å². The lowest BCUT2D eigenvalue weighted by Gasteiger charge is -2.14. The maximum Gasteiger partial charge on any atom is 0.253 e. The predicted molar refractivity (Wildman–Crippen MR) is 99.9 cm³/mol. The summed E-state index contributed by atoms with van der Waals surface area (Å²) >= 11 is 6.34. The number of phenolic OH excluding ortho intramolecular Hbond substituents is 1. The fourth-order valence-corrected chi connectivity index (χ4v) is 3.60. The summed E-state index contributed by atoms with van der Waals surface area (Å²) in [5.74, 6) is -0.729. The standard InChI is InChI=1S/C18H15ClN4O3/c1-7-3-4-10(24)13(19)14(7)23-16(20)12(17(21)25)11-15-9(5-6-26-15)8(2)22-18(11)23/h3-6,24H,20H2,1-2H3,(H2,21,25). The molecule has 1 aromatic carbocycles. The molecule has 0 saturated heterocycles. The molecule has 0 fully saturated rings. The molecule has 0 saturated carbocycles. The number of primary amides is 1. The number of anilines is 1. The average molecular weight is 371 g/mol. The quantitative estimate of drug-likeness (QED) is 0.499. The van der Waals surface area contributed by atoms with Gasteiger partial charge in [0.1, 0.15) is 22.2 Å². The van der Waals surface area contributed by atoms with Crippen LogP contribution in [-0.4, -0.2) is 20.6 Å². The molecule has 5 N–H and O–H groups in total. The molecule has 0 bridgehead atoms. The first-order valence-corrected chi connectivity index (χ1v) is 8.16. The third kappa shape index (κ3) is 2.01. The van der Waals surface area contributed by atoms with E-state index < -0.39 is 5.91 Å². The van der Waals surface area contributed by atoms with Crippen molar-refractivity contribution in [3.8, 4) is 11.4 Å². The van der Waals surface area contributed by atoms with Gasteiger partial charge in [-0.15, -0.1) is 0 Å². The molecular weight excluding hydrogens is 356 g/mol. The summed E-state index contributed by atoms with van der Waals surface area (Å²) in [5, 5.41) is 11.3. The van der Waals surface area contributed by atoms with Crippen molar-refractivity contribution in [3.05, 3.63) is 46.3 Å². The molecule has 3 heterocycles. The van der Waals surface area contributed by atoms with Gasteiger partial charge in [-0.05, 0) is 31.5 Å². The zero-order valence-corrected chi connectivity index (χ0v) is 14.8. The summed E-state index contributed by atoms with van der Waals surface area (Å²) in [6.45, 7) is 3.64. The second-order valence-corrected chi connectivity index (χ2v) is 6.46. The van der Waals surface area contributed by atoms with E-state index in [-0.39, 0.29) is 22.2 Å². The van der Waals surface area contributed by atoms with Crippen molar-refractivity contribution in [3.63, 3.8) is 0 Å². The summed E-state index contributed by atoms with van der Waals surface area (Å²) in [5.41, 5.74) is 14.7. The van der Waals surface area contributed by atoms with Crippen LogP contribution in [0.25, 0.3) is 27.7 Å². The number of halogens is 1. The van der Waals surface area contributed by atoms with Crippen molar-refractivity contribution in [1.82, 2.24) is 9.55 Å². The van der Waals surface area contributed by atoms with Crippen LogP contribution in [0.2, 0.25) is 5.02 Å². The Balaban J connectivity index is 2.29. The highest BCUT2D eigenvalue weighted by molar-refractivity contribution is 6.34. The number of benzene rings is 1. The molecular formula is C18H15ClN4O3. The van der Waals surface area contributed by atoms with Crippen LogP contribution in [0, 0.1) is 13.8 Å². The zero-order chi connectivity index (χ0) is 18.7. The Hall–Kier alpha value is -3.19. The Labute approximate surface area is 152 Å². The number of hydrogen-bond acceptors (Lipinski definition) is 5. The Morgan fingerprint density at radius 3 is 2.73 bits per heavy atom.